The molecule has 0 radical (unpaired) electrons. The molecule has 0 aromatic carbocycles. The molecule has 0 unspecified atom stereocenters. The standard InChI is InChI=1S/C17H28BN5O6S/c1-11(2)9-15(18(26)27)21-16(25)12(10-13(24)14-6-4-8-30-14)5-3-7-20-17(19)22-23(28)29/h4,6,8,11-12,15,26-27H,3,5,7,9-10H2,1-2H3,(H,21,25)(H3,19,20,22)/t12-,15+/m1/s1. The van der Waals surface area contributed by atoms with E-state index in [4.69, 9.17) is 5.73 Å². The Hall–Kier alpha value is -2.51. The molecule has 0 spiro atoms. The third kappa shape index (κ3) is 9.81. The lowest BCUT2D eigenvalue weighted by Crippen LogP contribution is -2.49. The summed E-state index contributed by atoms with van der Waals surface area (Å²) in [5, 5.41) is 33.0. The molecule has 0 saturated carbocycles. The highest BCUT2D eigenvalue weighted by atomic mass is 32.1. The van der Waals surface area contributed by atoms with Crippen LogP contribution in [0.3, 0.4) is 0 Å². The number of rotatable bonds is 13. The first-order chi connectivity index (χ1) is 14.1. The van der Waals surface area contributed by atoms with E-state index in [0.29, 0.717) is 17.7 Å². The normalized spacial score (nSPS) is 13.6. The molecular weight excluding hydrogens is 413 g/mol. The molecule has 1 amide bonds. The third-order valence-corrected chi connectivity index (χ3v) is 5.12. The molecule has 30 heavy (non-hydrogen) atoms. The SMILES string of the molecule is CC(C)C[C@H](NC(=O)[C@H](CCCN=C(N)N[N+](=O)[O-])CC(=O)c1cccs1)B(O)O. The Bertz CT molecular complexity index is 728. The number of thiophene rings is 1. The summed E-state index contributed by atoms with van der Waals surface area (Å²) in [5.41, 5.74) is 7.07. The first-order valence-corrected chi connectivity index (χ1v) is 10.4. The second-order valence-electron chi connectivity index (χ2n) is 7.24. The number of nitrogens with two attached hydrogens (primary N) is 1. The van der Waals surface area contributed by atoms with Crippen LogP contribution in [0.4, 0.5) is 0 Å². The van der Waals surface area contributed by atoms with E-state index >= 15 is 0 Å². The van der Waals surface area contributed by atoms with Crippen LogP contribution in [0.25, 0.3) is 0 Å². The van der Waals surface area contributed by atoms with E-state index in [1.807, 2.05) is 13.8 Å². The molecule has 0 aliphatic rings. The summed E-state index contributed by atoms with van der Waals surface area (Å²) >= 11 is 1.28. The number of nitrogens with one attached hydrogen (secondary N) is 2. The topological polar surface area (TPSA) is 180 Å². The number of hydrogen-bond acceptors (Lipinski definition) is 8. The molecule has 6 N–H and O–H groups in total. The van der Waals surface area contributed by atoms with Crippen LogP contribution >= 0.6 is 11.3 Å². The van der Waals surface area contributed by atoms with Gasteiger partial charge in [0.2, 0.25) is 5.91 Å². The van der Waals surface area contributed by atoms with Crippen molar-refractivity contribution in [2.45, 2.75) is 45.5 Å². The molecular formula is C17H28BN5O6S. The maximum atomic E-state index is 12.8. The van der Waals surface area contributed by atoms with Gasteiger partial charge >= 0.3 is 7.12 Å². The first kappa shape index (κ1) is 25.5. The third-order valence-electron chi connectivity index (χ3n) is 4.21. The average molecular weight is 441 g/mol. The second-order valence-corrected chi connectivity index (χ2v) is 8.19. The van der Waals surface area contributed by atoms with Crippen molar-refractivity contribution in [2.24, 2.45) is 22.6 Å². The molecule has 0 saturated heterocycles. The summed E-state index contributed by atoms with van der Waals surface area (Å²) in [5.74, 6) is -2.44. The molecule has 0 bridgehead atoms. The van der Waals surface area contributed by atoms with Crippen LogP contribution in [0, 0.1) is 22.0 Å². The fourth-order valence-electron chi connectivity index (χ4n) is 2.82. The fraction of sp³-hybridized carbons (Fsp3) is 0.588. The minimum absolute atomic E-state index is 0.0470. The van der Waals surface area contributed by atoms with Crippen LogP contribution in [-0.4, -0.2) is 52.3 Å². The Labute approximate surface area is 179 Å². The Morgan fingerprint density at radius 3 is 2.63 bits per heavy atom. The van der Waals surface area contributed by atoms with Gasteiger partial charge in [-0.2, -0.15) is 0 Å². The zero-order chi connectivity index (χ0) is 22.7. The molecule has 13 heteroatoms. The van der Waals surface area contributed by atoms with Gasteiger partial charge in [-0.15, -0.1) is 11.3 Å². The predicted molar refractivity (Wildman–Crippen MR) is 114 cm³/mol. The lowest BCUT2D eigenvalue weighted by Gasteiger charge is -2.23. The molecule has 0 aliphatic heterocycles. The van der Waals surface area contributed by atoms with Crippen molar-refractivity contribution in [2.75, 3.05) is 6.54 Å². The lowest BCUT2D eigenvalue weighted by molar-refractivity contribution is -0.525. The number of nitro groups is 1. The van der Waals surface area contributed by atoms with E-state index in [1.54, 1.807) is 22.9 Å². The zero-order valence-corrected chi connectivity index (χ0v) is 17.8. The van der Waals surface area contributed by atoms with Crippen molar-refractivity contribution < 1.29 is 24.7 Å². The molecule has 1 aromatic rings. The molecule has 0 fully saturated rings. The summed E-state index contributed by atoms with van der Waals surface area (Å²) in [6.45, 7) is 3.91. The number of hydrazine groups is 1. The molecule has 11 nitrogen and oxygen atoms in total. The Kier molecular flexibility index (Phi) is 11.0. The van der Waals surface area contributed by atoms with Gasteiger partial charge in [0.05, 0.1) is 10.8 Å². The fourth-order valence-corrected chi connectivity index (χ4v) is 3.49. The average Bonchev–Trinajstić information content (AvgIpc) is 3.17. The van der Waals surface area contributed by atoms with E-state index in [2.05, 4.69) is 10.3 Å². The highest BCUT2D eigenvalue weighted by Crippen LogP contribution is 2.19. The summed E-state index contributed by atoms with van der Waals surface area (Å²) in [6, 6.07) is 3.42. The zero-order valence-electron chi connectivity index (χ0n) is 17.0. The van der Waals surface area contributed by atoms with Crippen molar-refractivity contribution in [3.05, 3.63) is 32.5 Å². The summed E-state index contributed by atoms with van der Waals surface area (Å²) in [6.07, 6.45) is 0.942. The van der Waals surface area contributed by atoms with Crippen LogP contribution in [0.5, 0.6) is 0 Å². The van der Waals surface area contributed by atoms with Gasteiger partial charge in [0, 0.05) is 18.9 Å². The number of carbonyl (C=O) groups excluding carboxylic acids is 2. The maximum absolute atomic E-state index is 12.8. The number of nitrogens with zero attached hydrogens (tertiary/aromatic N) is 2. The van der Waals surface area contributed by atoms with Gasteiger partial charge in [-0.25, -0.2) is 15.1 Å². The lowest BCUT2D eigenvalue weighted by atomic mass is 9.74. The van der Waals surface area contributed by atoms with Crippen molar-refractivity contribution in [3.8, 4) is 0 Å². The molecule has 1 rings (SSSR count). The quantitative estimate of drug-likeness (QED) is 0.0553. The number of aliphatic imine (C=N–C) groups is 1. The smallest absolute Gasteiger partial charge is 0.426 e. The second kappa shape index (κ2) is 12.9. The summed E-state index contributed by atoms with van der Waals surface area (Å²) in [4.78, 5) is 39.9. The van der Waals surface area contributed by atoms with E-state index < -0.39 is 29.9 Å². The molecule has 2 atom stereocenters. The minimum Gasteiger partial charge on any atom is -0.426 e. The highest BCUT2D eigenvalue weighted by molar-refractivity contribution is 7.12. The monoisotopic (exact) mass is 441 g/mol. The highest BCUT2D eigenvalue weighted by Gasteiger charge is 2.30. The summed E-state index contributed by atoms with van der Waals surface area (Å²) in [7, 11) is -1.72. The molecule has 1 aromatic heterocycles. The van der Waals surface area contributed by atoms with Crippen molar-refractivity contribution in [1.29, 1.82) is 0 Å². The largest absolute Gasteiger partial charge is 0.475 e. The summed E-state index contributed by atoms with van der Waals surface area (Å²) < 4.78 is 0. The van der Waals surface area contributed by atoms with Gasteiger partial charge in [0.25, 0.3) is 5.96 Å². The number of amides is 1. The van der Waals surface area contributed by atoms with Crippen LogP contribution in [0.2, 0.25) is 0 Å². The maximum Gasteiger partial charge on any atom is 0.475 e. The van der Waals surface area contributed by atoms with E-state index in [1.165, 1.54) is 11.3 Å². The number of Topliss-reactive ketones (excluding diaryl/α,β-unsaturated/α-hetero) is 1. The Balaban J connectivity index is 2.79. The van der Waals surface area contributed by atoms with Gasteiger partial charge in [0.15, 0.2) is 10.8 Å². The number of carbonyl (C=O) groups is 2. The van der Waals surface area contributed by atoms with E-state index in [-0.39, 0.29) is 37.0 Å². The minimum atomic E-state index is -1.72. The van der Waals surface area contributed by atoms with E-state index in [0.717, 1.165) is 0 Å². The van der Waals surface area contributed by atoms with Crippen LogP contribution in [-0.2, 0) is 4.79 Å². The van der Waals surface area contributed by atoms with Crippen molar-refractivity contribution >= 4 is 36.1 Å². The van der Waals surface area contributed by atoms with Crippen LogP contribution in [0.15, 0.2) is 22.5 Å². The van der Waals surface area contributed by atoms with Gasteiger partial charge in [-0.3, -0.25) is 9.59 Å². The van der Waals surface area contributed by atoms with Gasteiger partial charge in [-0.05, 0) is 36.6 Å². The van der Waals surface area contributed by atoms with Crippen LogP contribution in [0.1, 0.15) is 49.2 Å². The van der Waals surface area contributed by atoms with Crippen molar-refractivity contribution in [3.63, 3.8) is 0 Å². The first-order valence-electron chi connectivity index (χ1n) is 9.54. The molecule has 1 heterocycles. The van der Waals surface area contributed by atoms with Crippen LogP contribution < -0.4 is 16.5 Å². The Morgan fingerprint density at radius 2 is 2.10 bits per heavy atom. The van der Waals surface area contributed by atoms with Gasteiger partial charge < -0.3 is 21.1 Å². The predicted octanol–water partition coefficient (Wildman–Crippen LogP) is 0.356. The van der Waals surface area contributed by atoms with E-state index in [9.17, 15) is 29.8 Å². The van der Waals surface area contributed by atoms with Gasteiger partial charge in [0.1, 0.15) is 0 Å². The molecule has 0 aliphatic carbocycles. The number of guanidine groups is 1. The number of ketones is 1. The van der Waals surface area contributed by atoms with Gasteiger partial charge in [-0.1, -0.05) is 25.3 Å². The number of hydrogen-bond donors (Lipinski definition) is 5. The molecule has 166 valence electrons. The Morgan fingerprint density at radius 1 is 1.40 bits per heavy atom. The van der Waals surface area contributed by atoms with Crippen molar-refractivity contribution in [1.82, 2.24) is 10.7 Å².